The molecule has 0 unspecified atom stereocenters. The van der Waals surface area contributed by atoms with E-state index in [0.717, 1.165) is 5.56 Å². The van der Waals surface area contributed by atoms with E-state index in [4.69, 9.17) is 0 Å². The van der Waals surface area contributed by atoms with Gasteiger partial charge in [0.2, 0.25) is 5.91 Å². The van der Waals surface area contributed by atoms with E-state index in [1.165, 1.54) is 16.7 Å². The number of hydrogen-bond acceptors (Lipinski definition) is 4. The van der Waals surface area contributed by atoms with Gasteiger partial charge in [0.05, 0.1) is 0 Å². The van der Waals surface area contributed by atoms with Crippen LogP contribution in [-0.2, 0) is 4.79 Å². The van der Waals surface area contributed by atoms with Gasteiger partial charge in [0.1, 0.15) is 0 Å². The van der Waals surface area contributed by atoms with Gasteiger partial charge in [-0.3, -0.25) is 19.3 Å². The third-order valence-corrected chi connectivity index (χ3v) is 4.75. The molecular formula is C23H29NO3S. The Morgan fingerprint density at radius 2 is 1.46 bits per heavy atom. The maximum atomic E-state index is 11.9. The molecular weight excluding hydrogens is 370 g/mol. The highest BCUT2D eigenvalue weighted by molar-refractivity contribution is 8.13. The van der Waals surface area contributed by atoms with Gasteiger partial charge in [-0.05, 0) is 13.3 Å². The topological polar surface area (TPSA) is 54.5 Å². The first-order valence-corrected chi connectivity index (χ1v) is 10.6. The van der Waals surface area contributed by atoms with Crippen molar-refractivity contribution in [2.75, 3.05) is 12.3 Å². The zero-order valence-electron chi connectivity index (χ0n) is 16.9. The van der Waals surface area contributed by atoms with Crippen molar-refractivity contribution in [3.8, 4) is 0 Å². The van der Waals surface area contributed by atoms with Gasteiger partial charge in [-0.2, -0.15) is 0 Å². The molecule has 0 N–H and O–H groups in total. The Balaban J connectivity index is 0.000000411. The first-order chi connectivity index (χ1) is 13.6. The second-order valence-electron chi connectivity index (χ2n) is 5.96. The number of thioether (sulfide) groups is 1. The molecule has 1 saturated heterocycles. The van der Waals surface area contributed by atoms with Crippen LogP contribution in [-0.4, -0.2) is 34.1 Å². The lowest BCUT2D eigenvalue weighted by Crippen LogP contribution is -2.30. The average Bonchev–Trinajstić information content (AvgIpc) is 3.17. The van der Waals surface area contributed by atoms with E-state index >= 15 is 0 Å². The Kier molecular flexibility index (Phi) is 11.6. The Labute approximate surface area is 172 Å². The molecule has 0 radical (unpaired) electrons. The maximum Gasteiger partial charge on any atom is 0.288 e. The SMILES string of the molecule is CC.Cc1ccc(C(=O)CCCC(=O)N2CCSC2=O)cc1.c1ccccc1. The predicted molar refractivity (Wildman–Crippen MR) is 117 cm³/mol. The number of Topliss-reactive ketones (excluding diaryl/α,β-unsaturated/α-hetero) is 1. The number of ketones is 1. The third-order valence-electron chi connectivity index (χ3n) is 3.90. The number of imide groups is 1. The Morgan fingerprint density at radius 1 is 0.929 bits per heavy atom. The van der Waals surface area contributed by atoms with Crippen molar-refractivity contribution in [2.24, 2.45) is 0 Å². The summed E-state index contributed by atoms with van der Waals surface area (Å²) in [6.45, 7) is 6.46. The maximum absolute atomic E-state index is 11.9. The number of carbonyl (C=O) groups is 3. The molecule has 1 heterocycles. The molecule has 0 bridgehead atoms. The lowest BCUT2D eigenvalue weighted by Gasteiger charge is -2.11. The van der Waals surface area contributed by atoms with Crippen molar-refractivity contribution in [3.63, 3.8) is 0 Å². The standard InChI is InChI=1S/C15H17NO3S.C6H6.C2H6/c1-11-5-7-12(8-6-11)13(17)3-2-4-14(18)16-9-10-20-15(16)19;1-2-4-6-5-3-1;1-2/h5-8H,2-4,9-10H2,1H3;1-6H;1-2H3. The van der Waals surface area contributed by atoms with Crippen molar-refractivity contribution in [1.29, 1.82) is 0 Å². The number of rotatable bonds is 5. The normalized spacial score (nSPS) is 12.4. The minimum atomic E-state index is -0.170. The molecule has 1 fully saturated rings. The first-order valence-electron chi connectivity index (χ1n) is 9.65. The summed E-state index contributed by atoms with van der Waals surface area (Å²) in [6, 6.07) is 19.4. The van der Waals surface area contributed by atoms with Crippen LogP contribution in [0.3, 0.4) is 0 Å². The molecule has 2 aromatic rings. The largest absolute Gasteiger partial charge is 0.294 e. The minimum absolute atomic E-state index is 0.0416. The van der Waals surface area contributed by atoms with Crippen LogP contribution in [0.1, 0.15) is 49.0 Å². The average molecular weight is 400 g/mol. The molecule has 150 valence electrons. The van der Waals surface area contributed by atoms with Crippen LogP contribution in [0.15, 0.2) is 60.7 Å². The van der Waals surface area contributed by atoms with Crippen molar-refractivity contribution in [1.82, 2.24) is 4.90 Å². The highest BCUT2D eigenvalue weighted by Gasteiger charge is 2.26. The number of hydrogen-bond donors (Lipinski definition) is 0. The quantitative estimate of drug-likeness (QED) is 0.600. The van der Waals surface area contributed by atoms with Gasteiger partial charge < -0.3 is 0 Å². The lowest BCUT2D eigenvalue weighted by atomic mass is 10.0. The van der Waals surface area contributed by atoms with E-state index < -0.39 is 0 Å². The van der Waals surface area contributed by atoms with Gasteiger partial charge in [-0.15, -0.1) is 0 Å². The molecule has 1 aliphatic rings. The second-order valence-corrected chi connectivity index (χ2v) is 7.00. The molecule has 0 atom stereocenters. The summed E-state index contributed by atoms with van der Waals surface area (Å²) >= 11 is 1.17. The molecule has 2 amide bonds. The van der Waals surface area contributed by atoms with Gasteiger partial charge in [0.15, 0.2) is 5.78 Å². The van der Waals surface area contributed by atoms with Gasteiger partial charge >= 0.3 is 0 Å². The van der Waals surface area contributed by atoms with Crippen LogP contribution in [0.2, 0.25) is 0 Å². The van der Waals surface area contributed by atoms with Crippen LogP contribution in [0.5, 0.6) is 0 Å². The molecule has 0 aliphatic carbocycles. The first kappa shape index (κ1) is 23.6. The van der Waals surface area contributed by atoms with Crippen LogP contribution in [0.25, 0.3) is 0 Å². The van der Waals surface area contributed by atoms with E-state index in [1.54, 1.807) is 12.1 Å². The molecule has 28 heavy (non-hydrogen) atoms. The number of carbonyl (C=O) groups excluding carboxylic acids is 3. The van der Waals surface area contributed by atoms with E-state index in [1.807, 2.05) is 69.3 Å². The molecule has 4 nitrogen and oxygen atoms in total. The number of aryl methyl sites for hydroxylation is 1. The minimum Gasteiger partial charge on any atom is -0.294 e. The summed E-state index contributed by atoms with van der Waals surface area (Å²) in [5.41, 5.74) is 1.79. The Morgan fingerprint density at radius 3 is 1.93 bits per heavy atom. The summed E-state index contributed by atoms with van der Waals surface area (Å²) < 4.78 is 0. The van der Waals surface area contributed by atoms with Gasteiger partial charge in [0.25, 0.3) is 5.24 Å². The summed E-state index contributed by atoms with van der Waals surface area (Å²) in [6.07, 6.45) is 1.08. The summed E-state index contributed by atoms with van der Waals surface area (Å²) in [7, 11) is 0. The second kappa shape index (κ2) is 13.7. The van der Waals surface area contributed by atoms with Crippen molar-refractivity contribution in [2.45, 2.75) is 40.0 Å². The summed E-state index contributed by atoms with van der Waals surface area (Å²) in [5, 5.41) is -0.167. The lowest BCUT2D eigenvalue weighted by molar-refractivity contribution is -0.127. The Bertz CT molecular complexity index is 703. The van der Waals surface area contributed by atoms with Crippen LogP contribution >= 0.6 is 11.8 Å². The van der Waals surface area contributed by atoms with Crippen molar-refractivity contribution < 1.29 is 14.4 Å². The fourth-order valence-electron chi connectivity index (χ4n) is 2.42. The molecule has 3 rings (SSSR count). The van der Waals surface area contributed by atoms with Crippen LogP contribution in [0.4, 0.5) is 4.79 Å². The van der Waals surface area contributed by atoms with E-state index in [9.17, 15) is 14.4 Å². The van der Waals surface area contributed by atoms with Crippen LogP contribution in [0, 0.1) is 6.92 Å². The van der Waals surface area contributed by atoms with Gasteiger partial charge in [0, 0.05) is 30.7 Å². The van der Waals surface area contributed by atoms with Crippen molar-refractivity contribution in [3.05, 3.63) is 71.8 Å². The predicted octanol–water partition coefficient (Wildman–Crippen LogP) is 5.76. The fourth-order valence-corrected chi connectivity index (χ4v) is 3.22. The highest BCUT2D eigenvalue weighted by atomic mass is 32.2. The molecule has 5 heteroatoms. The smallest absolute Gasteiger partial charge is 0.288 e. The summed E-state index contributed by atoms with van der Waals surface area (Å²) in [5.74, 6) is 0.545. The molecule has 0 saturated carbocycles. The van der Waals surface area contributed by atoms with Gasteiger partial charge in [-0.1, -0.05) is 91.8 Å². The monoisotopic (exact) mass is 399 g/mol. The van der Waals surface area contributed by atoms with E-state index in [2.05, 4.69) is 0 Å². The molecule has 1 aliphatic heterocycles. The zero-order valence-corrected chi connectivity index (χ0v) is 17.7. The van der Waals surface area contributed by atoms with Crippen molar-refractivity contribution >= 4 is 28.7 Å². The third kappa shape index (κ3) is 8.53. The highest BCUT2D eigenvalue weighted by Crippen LogP contribution is 2.19. The number of benzene rings is 2. The van der Waals surface area contributed by atoms with Gasteiger partial charge in [-0.25, -0.2) is 0 Å². The number of nitrogens with zero attached hydrogens (tertiary/aromatic N) is 1. The zero-order chi connectivity index (χ0) is 20.8. The summed E-state index contributed by atoms with van der Waals surface area (Å²) in [4.78, 5) is 36.4. The molecule has 2 aromatic carbocycles. The Hall–Kier alpha value is -2.40. The molecule has 0 spiro atoms. The van der Waals surface area contributed by atoms with E-state index in [-0.39, 0.29) is 23.4 Å². The van der Waals surface area contributed by atoms with Crippen LogP contribution < -0.4 is 0 Å². The molecule has 0 aromatic heterocycles. The van der Waals surface area contributed by atoms with E-state index in [0.29, 0.717) is 30.7 Å². The number of amides is 2. The fraction of sp³-hybridized carbons (Fsp3) is 0.348.